The van der Waals surface area contributed by atoms with Crippen LogP contribution in [0, 0.1) is 0 Å². The molecule has 1 unspecified atom stereocenters. The zero-order chi connectivity index (χ0) is 14.6. The van der Waals surface area contributed by atoms with E-state index in [9.17, 15) is 13.2 Å². The maximum absolute atomic E-state index is 12.5. The molecule has 1 atom stereocenters. The second kappa shape index (κ2) is 6.23. The Morgan fingerprint density at radius 1 is 1.26 bits per heavy atom. The molecular weight excluding hydrogens is 257 g/mol. The van der Waals surface area contributed by atoms with Crippen LogP contribution in [-0.4, -0.2) is 24.3 Å². The molecule has 6 heteroatoms. The van der Waals surface area contributed by atoms with Gasteiger partial charge < -0.3 is 10.1 Å². The van der Waals surface area contributed by atoms with Crippen LogP contribution in [0.4, 0.5) is 13.2 Å². The molecule has 0 saturated carbocycles. The Morgan fingerprint density at radius 2 is 1.89 bits per heavy atom. The first-order chi connectivity index (χ1) is 8.74. The molecule has 0 radical (unpaired) electrons. The van der Waals surface area contributed by atoms with Crippen molar-refractivity contribution in [2.45, 2.75) is 45.5 Å². The molecule has 1 N–H and O–H groups in total. The number of nitrogens with one attached hydrogen (secondary N) is 1. The Balaban J connectivity index is 2.99. The fourth-order valence-corrected chi connectivity index (χ4v) is 1.49. The van der Waals surface area contributed by atoms with Crippen molar-refractivity contribution in [1.82, 2.24) is 10.3 Å². The smallest absolute Gasteiger partial charge is 0.425 e. The largest absolute Gasteiger partial charge is 0.465 e. The number of alkyl halides is 3. The minimum Gasteiger partial charge on any atom is -0.465 e. The van der Waals surface area contributed by atoms with Crippen molar-refractivity contribution in [2.24, 2.45) is 0 Å². The van der Waals surface area contributed by atoms with Crippen molar-refractivity contribution in [3.05, 3.63) is 23.4 Å². The van der Waals surface area contributed by atoms with E-state index >= 15 is 0 Å². The topological polar surface area (TPSA) is 34.1 Å². The van der Waals surface area contributed by atoms with E-state index in [2.05, 4.69) is 10.3 Å². The van der Waals surface area contributed by atoms with Crippen LogP contribution in [0.5, 0.6) is 5.88 Å². The first-order valence-electron chi connectivity index (χ1n) is 6.13. The van der Waals surface area contributed by atoms with Crippen LogP contribution in [0.25, 0.3) is 0 Å². The number of ether oxygens (including phenoxy) is 1. The third-order valence-corrected chi connectivity index (χ3v) is 2.61. The van der Waals surface area contributed by atoms with Crippen molar-refractivity contribution < 1.29 is 17.9 Å². The average molecular weight is 276 g/mol. The van der Waals surface area contributed by atoms with Crippen LogP contribution in [0.2, 0.25) is 0 Å². The molecule has 0 spiro atoms. The molecular formula is C13H19F3N2O. The van der Waals surface area contributed by atoms with Gasteiger partial charge in [-0.2, -0.15) is 13.2 Å². The van der Waals surface area contributed by atoms with E-state index in [4.69, 9.17) is 4.74 Å². The van der Waals surface area contributed by atoms with Gasteiger partial charge in [0, 0.05) is 18.3 Å². The average Bonchev–Trinajstić information content (AvgIpc) is 2.27. The molecule has 19 heavy (non-hydrogen) atoms. The number of pyridine rings is 1. The predicted molar refractivity (Wildman–Crippen MR) is 67.2 cm³/mol. The summed E-state index contributed by atoms with van der Waals surface area (Å²) in [4.78, 5) is 4.12. The summed E-state index contributed by atoms with van der Waals surface area (Å²) >= 11 is 0. The number of hydrogen-bond acceptors (Lipinski definition) is 3. The molecule has 0 aromatic carbocycles. The molecule has 0 bridgehead atoms. The predicted octanol–water partition coefficient (Wildman–Crippen LogP) is 3.25. The second-order valence-corrected chi connectivity index (χ2v) is 4.73. The highest BCUT2D eigenvalue weighted by Gasteiger charge is 2.38. The number of nitrogens with zero attached hydrogens (tertiary/aromatic N) is 1. The molecule has 3 nitrogen and oxygen atoms in total. The highest BCUT2D eigenvalue weighted by atomic mass is 19.4. The van der Waals surface area contributed by atoms with Crippen molar-refractivity contribution in [2.75, 3.05) is 7.05 Å². The zero-order valence-corrected chi connectivity index (χ0v) is 11.5. The van der Waals surface area contributed by atoms with Crippen LogP contribution in [0.3, 0.4) is 0 Å². The minimum absolute atomic E-state index is 0.0151. The minimum atomic E-state index is -4.39. The van der Waals surface area contributed by atoms with E-state index in [1.165, 1.54) is 6.07 Å². The molecule has 0 aliphatic rings. The summed E-state index contributed by atoms with van der Waals surface area (Å²) < 4.78 is 42.3. The van der Waals surface area contributed by atoms with Gasteiger partial charge in [0.1, 0.15) is 0 Å². The molecule has 1 rings (SSSR count). The number of hydrogen-bond donors (Lipinski definition) is 1. The van der Waals surface area contributed by atoms with E-state index in [1.54, 1.807) is 7.05 Å². The SMILES string of the molecule is CNCc1cc(OC(C)C(F)(F)F)nc(C(C)C)c1. The summed E-state index contributed by atoms with van der Waals surface area (Å²) in [5.41, 5.74) is 1.57. The lowest BCUT2D eigenvalue weighted by Gasteiger charge is -2.18. The molecule has 1 aromatic heterocycles. The lowest BCUT2D eigenvalue weighted by atomic mass is 10.1. The maximum Gasteiger partial charge on any atom is 0.425 e. The normalized spacial score (nSPS) is 13.7. The van der Waals surface area contributed by atoms with Crippen LogP contribution in [-0.2, 0) is 6.54 Å². The van der Waals surface area contributed by atoms with Gasteiger partial charge in [0.15, 0.2) is 6.10 Å². The molecule has 0 fully saturated rings. The van der Waals surface area contributed by atoms with Crippen LogP contribution >= 0.6 is 0 Å². The Hall–Kier alpha value is -1.30. The Morgan fingerprint density at radius 3 is 2.37 bits per heavy atom. The summed E-state index contributed by atoms with van der Waals surface area (Å²) in [5.74, 6) is 0.140. The van der Waals surface area contributed by atoms with E-state index in [1.807, 2.05) is 19.9 Å². The lowest BCUT2D eigenvalue weighted by molar-refractivity contribution is -0.190. The quantitative estimate of drug-likeness (QED) is 0.896. The van der Waals surface area contributed by atoms with E-state index in [0.717, 1.165) is 18.2 Å². The molecule has 0 aliphatic heterocycles. The monoisotopic (exact) mass is 276 g/mol. The first kappa shape index (κ1) is 15.8. The molecule has 0 saturated heterocycles. The highest BCUT2D eigenvalue weighted by molar-refractivity contribution is 5.27. The fraction of sp³-hybridized carbons (Fsp3) is 0.615. The van der Waals surface area contributed by atoms with Gasteiger partial charge in [0.05, 0.1) is 0 Å². The van der Waals surface area contributed by atoms with Gasteiger partial charge in [-0.15, -0.1) is 0 Å². The summed E-state index contributed by atoms with van der Waals surface area (Å²) in [6, 6.07) is 3.40. The van der Waals surface area contributed by atoms with E-state index in [0.29, 0.717) is 6.54 Å². The molecule has 1 heterocycles. The van der Waals surface area contributed by atoms with Crippen molar-refractivity contribution in [1.29, 1.82) is 0 Å². The molecule has 1 aromatic rings. The van der Waals surface area contributed by atoms with E-state index in [-0.39, 0.29) is 11.8 Å². The summed E-state index contributed by atoms with van der Waals surface area (Å²) in [6.07, 6.45) is -6.26. The number of aromatic nitrogens is 1. The highest BCUT2D eigenvalue weighted by Crippen LogP contribution is 2.26. The van der Waals surface area contributed by atoms with Gasteiger partial charge in [-0.1, -0.05) is 13.8 Å². The molecule has 108 valence electrons. The van der Waals surface area contributed by atoms with Crippen molar-refractivity contribution in [3.63, 3.8) is 0 Å². The second-order valence-electron chi connectivity index (χ2n) is 4.73. The van der Waals surface area contributed by atoms with E-state index < -0.39 is 12.3 Å². The maximum atomic E-state index is 12.5. The lowest BCUT2D eigenvalue weighted by Crippen LogP contribution is -2.31. The third kappa shape index (κ3) is 4.70. The zero-order valence-electron chi connectivity index (χ0n) is 11.5. The van der Waals surface area contributed by atoms with Gasteiger partial charge in [0.25, 0.3) is 0 Å². The molecule has 0 amide bonds. The Bertz CT molecular complexity index is 419. The summed E-state index contributed by atoms with van der Waals surface area (Å²) in [6.45, 7) is 5.39. The standard InChI is InChI=1S/C13H19F3N2O/c1-8(2)11-5-10(7-17-4)6-12(18-11)19-9(3)13(14,15)16/h5-6,8-9,17H,7H2,1-4H3. The Kier molecular flexibility index (Phi) is 5.17. The number of rotatable bonds is 5. The van der Waals surface area contributed by atoms with Crippen LogP contribution in [0.1, 0.15) is 37.9 Å². The van der Waals surface area contributed by atoms with Gasteiger partial charge in [0.2, 0.25) is 5.88 Å². The third-order valence-electron chi connectivity index (χ3n) is 2.61. The first-order valence-corrected chi connectivity index (χ1v) is 6.13. The van der Waals surface area contributed by atoms with Gasteiger partial charge in [-0.3, -0.25) is 0 Å². The van der Waals surface area contributed by atoms with Gasteiger partial charge in [-0.25, -0.2) is 4.98 Å². The number of halogens is 3. The summed E-state index contributed by atoms with van der Waals surface area (Å²) in [7, 11) is 1.77. The molecule has 0 aliphatic carbocycles. The summed E-state index contributed by atoms with van der Waals surface area (Å²) in [5, 5.41) is 2.96. The Labute approximate surface area is 111 Å². The van der Waals surface area contributed by atoms with Crippen molar-refractivity contribution >= 4 is 0 Å². The van der Waals surface area contributed by atoms with Gasteiger partial charge in [-0.05, 0) is 31.5 Å². The van der Waals surface area contributed by atoms with Crippen LogP contribution < -0.4 is 10.1 Å². The van der Waals surface area contributed by atoms with Crippen molar-refractivity contribution in [3.8, 4) is 5.88 Å². The van der Waals surface area contributed by atoms with Crippen LogP contribution in [0.15, 0.2) is 12.1 Å². The van der Waals surface area contributed by atoms with Gasteiger partial charge >= 0.3 is 6.18 Å². The fourth-order valence-electron chi connectivity index (χ4n) is 1.49.